The molecule has 0 aliphatic carbocycles. The lowest BCUT2D eigenvalue weighted by Crippen LogP contribution is -2.35. The Bertz CT molecular complexity index is 124. The summed E-state index contributed by atoms with van der Waals surface area (Å²) in [6.45, 7) is 4.66. The summed E-state index contributed by atoms with van der Waals surface area (Å²) in [5.41, 5.74) is 10.9. The lowest BCUT2D eigenvalue weighted by molar-refractivity contribution is -0.144. The number of ether oxygens (including phenoxy) is 2. The first kappa shape index (κ1) is 8.93. The summed E-state index contributed by atoms with van der Waals surface area (Å²) in [7, 11) is 0. The van der Waals surface area contributed by atoms with Crippen LogP contribution in [0.4, 0.5) is 0 Å². The van der Waals surface area contributed by atoms with Gasteiger partial charge in [-0.1, -0.05) is 0 Å². The van der Waals surface area contributed by atoms with Crippen molar-refractivity contribution in [3.05, 3.63) is 0 Å². The predicted molar refractivity (Wildman–Crippen MR) is 41.9 cm³/mol. The number of rotatable bonds is 2. The van der Waals surface area contributed by atoms with Gasteiger partial charge in [-0.2, -0.15) is 0 Å². The van der Waals surface area contributed by atoms with Crippen LogP contribution in [0.1, 0.15) is 13.8 Å². The second-order valence-electron chi connectivity index (χ2n) is 3.18. The maximum atomic E-state index is 5.47. The summed E-state index contributed by atoms with van der Waals surface area (Å²) in [6, 6.07) is 0. The highest BCUT2D eigenvalue weighted by atomic mass is 16.8. The van der Waals surface area contributed by atoms with E-state index in [2.05, 4.69) is 0 Å². The average molecular weight is 160 g/mol. The Morgan fingerprint density at radius 3 is 1.73 bits per heavy atom. The van der Waals surface area contributed by atoms with Crippen molar-refractivity contribution < 1.29 is 9.47 Å². The van der Waals surface area contributed by atoms with Gasteiger partial charge in [0.05, 0.1) is 0 Å². The Morgan fingerprint density at radius 1 is 1.09 bits per heavy atom. The van der Waals surface area contributed by atoms with Crippen LogP contribution in [0.5, 0.6) is 0 Å². The summed E-state index contributed by atoms with van der Waals surface area (Å²) >= 11 is 0. The Kier molecular flexibility index (Phi) is 2.49. The lowest BCUT2D eigenvalue weighted by Gasteiger charge is -2.16. The van der Waals surface area contributed by atoms with E-state index in [1.807, 2.05) is 13.8 Å². The minimum Gasteiger partial charge on any atom is -0.343 e. The van der Waals surface area contributed by atoms with Crippen molar-refractivity contribution in [2.45, 2.75) is 31.8 Å². The molecule has 0 aromatic heterocycles. The molecule has 1 aliphatic rings. The summed E-state index contributed by atoms with van der Waals surface area (Å²) < 4.78 is 10.9. The van der Waals surface area contributed by atoms with Gasteiger partial charge in [-0.05, 0) is 13.8 Å². The third kappa shape index (κ3) is 1.90. The van der Waals surface area contributed by atoms with Crippen LogP contribution in [0.15, 0.2) is 0 Å². The maximum Gasteiger partial charge on any atom is 0.163 e. The minimum atomic E-state index is -0.520. The van der Waals surface area contributed by atoms with Gasteiger partial charge in [0.25, 0.3) is 0 Å². The van der Waals surface area contributed by atoms with Gasteiger partial charge in [0.2, 0.25) is 0 Å². The Morgan fingerprint density at radius 2 is 1.45 bits per heavy atom. The van der Waals surface area contributed by atoms with Crippen molar-refractivity contribution in [2.75, 3.05) is 13.1 Å². The fourth-order valence-corrected chi connectivity index (χ4v) is 1.31. The van der Waals surface area contributed by atoms with E-state index < -0.39 is 5.79 Å². The van der Waals surface area contributed by atoms with Crippen LogP contribution in [0.25, 0.3) is 0 Å². The summed E-state index contributed by atoms with van der Waals surface area (Å²) in [4.78, 5) is 0. The first-order valence-corrected chi connectivity index (χ1v) is 3.85. The monoisotopic (exact) mass is 160 g/mol. The Balaban J connectivity index is 2.55. The molecule has 66 valence electrons. The van der Waals surface area contributed by atoms with Gasteiger partial charge in [0.1, 0.15) is 12.2 Å². The van der Waals surface area contributed by atoms with Gasteiger partial charge in [0, 0.05) is 13.1 Å². The van der Waals surface area contributed by atoms with Gasteiger partial charge in [-0.25, -0.2) is 0 Å². The Labute approximate surface area is 66.8 Å². The van der Waals surface area contributed by atoms with Gasteiger partial charge < -0.3 is 20.9 Å². The highest BCUT2D eigenvalue weighted by molar-refractivity contribution is 4.82. The van der Waals surface area contributed by atoms with Crippen molar-refractivity contribution in [1.82, 2.24) is 0 Å². The molecular weight excluding hydrogens is 144 g/mol. The van der Waals surface area contributed by atoms with Crippen molar-refractivity contribution in [1.29, 1.82) is 0 Å². The third-order valence-electron chi connectivity index (χ3n) is 1.75. The molecular formula is C7H16N2O2. The fraction of sp³-hybridized carbons (Fsp3) is 1.00. The van der Waals surface area contributed by atoms with E-state index in [-0.39, 0.29) is 12.2 Å². The van der Waals surface area contributed by atoms with Gasteiger partial charge in [-0.15, -0.1) is 0 Å². The Hall–Kier alpha value is -0.160. The quantitative estimate of drug-likeness (QED) is 0.567. The SMILES string of the molecule is CC1(C)O[C@@H](CN)[C@@H](CN)O1. The third-order valence-corrected chi connectivity index (χ3v) is 1.75. The molecule has 0 radical (unpaired) electrons. The van der Waals surface area contributed by atoms with Crippen LogP contribution in [0, 0.1) is 0 Å². The summed E-state index contributed by atoms with van der Waals surface area (Å²) in [5, 5.41) is 0. The highest BCUT2D eigenvalue weighted by Gasteiger charge is 2.39. The number of hydrogen-bond donors (Lipinski definition) is 2. The van der Waals surface area contributed by atoms with Crippen molar-refractivity contribution in [3.8, 4) is 0 Å². The normalized spacial score (nSPS) is 36.0. The standard InChI is InChI=1S/C7H16N2O2/c1-7(2)10-5(3-8)6(4-9)11-7/h5-6H,3-4,8-9H2,1-2H3/t5-,6+. The molecule has 11 heavy (non-hydrogen) atoms. The van der Waals surface area contributed by atoms with E-state index in [0.29, 0.717) is 13.1 Å². The van der Waals surface area contributed by atoms with E-state index in [1.165, 1.54) is 0 Å². The maximum absolute atomic E-state index is 5.47. The zero-order valence-corrected chi connectivity index (χ0v) is 7.04. The van der Waals surface area contributed by atoms with Crippen molar-refractivity contribution in [3.63, 3.8) is 0 Å². The molecule has 0 aromatic carbocycles. The molecule has 4 nitrogen and oxygen atoms in total. The first-order chi connectivity index (χ1) is 5.09. The fourth-order valence-electron chi connectivity index (χ4n) is 1.31. The summed E-state index contributed by atoms with van der Waals surface area (Å²) in [6.07, 6.45) is -0.0926. The van der Waals surface area contributed by atoms with Crippen LogP contribution < -0.4 is 11.5 Å². The molecule has 0 aromatic rings. The zero-order valence-electron chi connectivity index (χ0n) is 7.04. The van der Waals surface area contributed by atoms with E-state index >= 15 is 0 Å². The predicted octanol–water partition coefficient (Wildman–Crippen LogP) is -0.576. The number of hydrogen-bond acceptors (Lipinski definition) is 4. The van der Waals surface area contributed by atoms with Gasteiger partial charge in [-0.3, -0.25) is 0 Å². The second kappa shape index (κ2) is 3.06. The summed E-state index contributed by atoms with van der Waals surface area (Å²) in [5.74, 6) is -0.520. The molecule has 1 saturated heterocycles. The van der Waals surface area contributed by atoms with Crippen LogP contribution in [-0.4, -0.2) is 31.1 Å². The van der Waals surface area contributed by atoms with Gasteiger partial charge >= 0.3 is 0 Å². The molecule has 1 heterocycles. The van der Waals surface area contributed by atoms with E-state index in [4.69, 9.17) is 20.9 Å². The van der Waals surface area contributed by atoms with E-state index in [0.717, 1.165) is 0 Å². The van der Waals surface area contributed by atoms with Crippen LogP contribution in [0.3, 0.4) is 0 Å². The molecule has 1 aliphatic heterocycles. The molecule has 1 fully saturated rings. The topological polar surface area (TPSA) is 70.5 Å². The molecule has 2 atom stereocenters. The highest BCUT2D eigenvalue weighted by Crippen LogP contribution is 2.26. The molecule has 0 unspecified atom stereocenters. The minimum absolute atomic E-state index is 0.0463. The van der Waals surface area contributed by atoms with Crippen LogP contribution in [0.2, 0.25) is 0 Å². The zero-order chi connectivity index (χ0) is 8.48. The largest absolute Gasteiger partial charge is 0.343 e. The molecule has 4 heteroatoms. The van der Waals surface area contributed by atoms with Gasteiger partial charge in [0.15, 0.2) is 5.79 Å². The lowest BCUT2D eigenvalue weighted by atomic mass is 10.2. The molecule has 4 N–H and O–H groups in total. The first-order valence-electron chi connectivity index (χ1n) is 3.85. The molecule has 0 bridgehead atoms. The van der Waals surface area contributed by atoms with E-state index in [1.54, 1.807) is 0 Å². The molecule has 0 spiro atoms. The number of nitrogens with two attached hydrogens (primary N) is 2. The molecule has 0 saturated carbocycles. The van der Waals surface area contributed by atoms with Crippen LogP contribution in [-0.2, 0) is 9.47 Å². The van der Waals surface area contributed by atoms with E-state index in [9.17, 15) is 0 Å². The smallest absolute Gasteiger partial charge is 0.163 e. The average Bonchev–Trinajstić information content (AvgIpc) is 2.25. The molecule has 1 rings (SSSR count). The van der Waals surface area contributed by atoms with Crippen molar-refractivity contribution in [2.24, 2.45) is 11.5 Å². The van der Waals surface area contributed by atoms with Crippen molar-refractivity contribution >= 4 is 0 Å². The van der Waals surface area contributed by atoms with Crippen LogP contribution >= 0.6 is 0 Å². The molecule has 0 amide bonds. The second-order valence-corrected chi connectivity index (χ2v) is 3.18.